The highest BCUT2D eigenvalue weighted by atomic mass is 35.5. The Labute approximate surface area is 138 Å². The van der Waals surface area contributed by atoms with E-state index in [2.05, 4.69) is 11.0 Å². The molecule has 2 unspecified atom stereocenters. The number of aliphatic hydroxyl groups is 1. The number of hydrogen-bond acceptors (Lipinski definition) is 4. The first-order chi connectivity index (χ1) is 10.0. The Kier molecular flexibility index (Phi) is 5.01. The summed E-state index contributed by atoms with van der Waals surface area (Å²) in [5.41, 5.74) is 0.942. The summed E-state index contributed by atoms with van der Waals surface area (Å²) in [7, 11) is 0. The van der Waals surface area contributed by atoms with E-state index in [1.807, 2.05) is 26.0 Å². The van der Waals surface area contributed by atoms with Crippen LogP contribution in [-0.4, -0.2) is 34.8 Å². The van der Waals surface area contributed by atoms with E-state index in [1.165, 1.54) is 6.42 Å². The fourth-order valence-corrected chi connectivity index (χ4v) is 3.43. The van der Waals surface area contributed by atoms with Crippen molar-refractivity contribution in [1.82, 2.24) is 4.90 Å². The van der Waals surface area contributed by atoms with Crippen LogP contribution >= 0.6 is 12.4 Å². The van der Waals surface area contributed by atoms with Crippen LogP contribution in [-0.2, 0) is 0 Å². The monoisotopic (exact) mass is 322 g/mol. The molecule has 1 aromatic rings. The molecular weight excluding hydrogens is 300 g/mol. The summed E-state index contributed by atoms with van der Waals surface area (Å²) in [4.78, 5) is 2.35. The first-order valence-electron chi connectivity index (χ1n) is 7.68. The van der Waals surface area contributed by atoms with Crippen molar-refractivity contribution in [3.63, 3.8) is 0 Å². The lowest BCUT2D eigenvalue weighted by molar-refractivity contribution is -0.0961. The Hall–Kier alpha value is -1.28. The van der Waals surface area contributed by atoms with Gasteiger partial charge in [0, 0.05) is 5.56 Å². The molecule has 2 heterocycles. The van der Waals surface area contributed by atoms with E-state index in [0.717, 1.165) is 37.2 Å². The van der Waals surface area contributed by atoms with Crippen LogP contribution in [0.3, 0.4) is 0 Å². The number of likely N-dealkylation sites (tertiary alicyclic amines) is 1. The number of nitriles is 1. The van der Waals surface area contributed by atoms with Crippen molar-refractivity contribution in [2.75, 3.05) is 13.1 Å². The van der Waals surface area contributed by atoms with E-state index in [4.69, 9.17) is 10.00 Å². The summed E-state index contributed by atoms with van der Waals surface area (Å²) >= 11 is 0. The lowest BCUT2D eigenvalue weighted by Crippen LogP contribution is -2.54. The Bertz CT molecular complexity index is 577. The van der Waals surface area contributed by atoms with Crippen LogP contribution in [0.5, 0.6) is 5.75 Å². The van der Waals surface area contributed by atoms with Crippen LogP contribution in [0, 0.1) is 11.3 Å². The first kappa shape index (κ1) is 17.1. The lowest BCUT2D eigenvalue weighted by Gasteiger charge is -2.47. The third kappa shape index (κ3) is 2.94. The molecule has 0 bridgehead atoms. The number of halogens is 1. The fraction of sp³-hybridized carbons (Fsp3) is 0.588. The summed E-state index contributed by atoms with van der Waals surface area (Å²) in [6.45, 7) is 5.84. The van der Waals surface area contributed by atoms with Gasteiger partial charge in [0.05, 0.1) is 17.7 Å². The highest BCUT2D eigenvalue weighted by Gasteiger charge is 2.45. The largest absolute Gasteiger partial charge is 0.485 e. The van der Waals surface area contributed by atoms with E-state index in [-0.39, 0.29) is 18.4 Å². The molecule has 2 aliphatic rings. The second-order valence-electron chi connectivity index (χ2n) is 6.56. The van der Waals surface area contributed by atoms with Crippen molar-refractivity contribution >= 4 is 12.4 Å². The molecule has 1 fully saturated rings. The van der Waals surface area contributed by atoms with Crippen molar-refractivity contribution in [2.45, 2.75) is 50.9 Å². The second kappa shape index (κ2) is 6.45. The zero-order valence-corrected chi connectivity index (χ0v) is 13.9. The normalized spacial score (nSPS) is 27.0. The zero-order chi connectivity index (χ0) is 15.0. The molecule has 0 radical (unpaired) electrons. The summed E-state index contributed by atoms with van der Waals surface area (Å²) < 4.78 is 5.97. The van der Waals surface area contributed by atoms with Gasteiger partial charge in [-0.15, -0.1) is 12.4 Å². The SMILES string of the molecule is CC1(C)Oc2ccc(C#N)cc2C(N2CCCCC2)C1O.Cl. The number of ether oxygens (including phenoxy) is 1. The van der Waals surface area contributed by atoms with Crippen LogP contribution < -0.4 is 4.74 Å². The highest BCUT2D eigenvalue weighted by molar-refractivity contribution is 5.85. The molecular formula is C17H23ClN2O2. The van der Waals surface area contributed by atoms with Gasteiger partial charge >= 0.3 is 0 Å². The molecule has 1 N–H and O–H groups in total. The van der Waals surface area contributed by atoms with Gasteiger partial charge in [-0.2, -0.15) is 5.26 Å². The summed E-state index contributed by atoms with van der Waals surface area (Å²) in [6.07, 6.45) is 2.98. The lowest BCUT2D eigenvalue weighted by atomic mass is 9.84. The molecule has 2 aliphatic heterocycles. The van der Waals surface area contributed by atoms with E-state index < -0.39 is 11.7 Å². The van der Waals surface area contributed by atoms with Gasteiger partial charge in [-0.3, -0.25) is 4.90 Å². The zero-order valence-electron chi connectivity index (χ0n) is 13.1. The second-order valence-corrected chi connectivity index (χ2v) is 6.56. The van der Waals surface area contributed by atoms with Crippen molar-refractivity contribution in [2.24, 2.45) is 0 Å². The maximum atomic E-state index is 10.8. The van der Waals surface area contributed by atoms with Crippen molar-refractivity contribution in [1.29, 1.82) is 5.26 Å². The minimum Gasteiger partial charge on any atom is -0.485 e. The first-order valence-corrected chi connectivity index (χ1v) is 7.68. The van der Waals surface area contributed by atoms with Crippen LogP contribution in [0.15, 0.2) is 18.2 Å². The van der Waals surface area contributed by atoms with Gasteiger partial charge in [0.1, 0.15) is 17.5 Å². The average Bonchev–Trinajstić information content (AvgIpc) is 2.49. The van der Waals surface area contributed by atoms with Crippen molar-refractivity contribution < 1.29 is 9.84 Å². The Morgan fingerprint density at radius 3 is 2.59 bits per heavy atom. The average molecular weight is 323 g/mol. The Morgan fingerprint density at radius 2 is 1.95 bits per heavy atom. The van der Waals surface area contributed by atoms with Gasteiger partial charge < -0.3 is 9.84 Å². The smallest absolute Gasteiger partial charge is 0.131 e. The maximum absolute atomic E-state index is 10.8. The van der Waals surface area contributed by atoms with Gasteiger partial charge in [0.2, 0.25) is 0 Å². The Morgan fingerprint density at radius 1 is 1.27 bits per heavy atom. The van der Waals surface area contributed by atoms with Crippen LogP contribution in [0.25, 0.3) is 0 Å². The molecule has 0 aliphatic carbocycles. The van der Waals surface area contributed by atoms with Gasteiger partial charge in [-0.25, -0.2) is 0 Å². The molecule has 22 heavy (non-hydrogen) atoms. The van der Waals surface area contributed by atoms with Crippen molar-refractivity contribution in [3.05, 3.63) is 29.3 Å². The molecule has 0 saturated carbocycles. The van der Waals surface area contributed by atoms with E-state index >= 15 is 0 Å². The minimum absolute atomic E-state index is 0. The molecule has 4 nitrogen and oxygen atoms in total. The van der Waals surface area contributed by atoms with Gasteiger partial charge in [0.15, 0.2) is 0 Å². The van der Waals surface area contributed by atoms with Gasteiger partial charge in [-0.05, 0) is 58.0 Å². The molecule has 2 atom stereocenters. The van der Waals surface area contributed by atoms with E-state index in [0.29, 0.717) is 5.56 Å². The number of hydrogen-bond donors (Lipinski definition) is 1. The molecule has 120 valence electrons. The highest BCUT2D eigenvalue weighted by Crippen LogP contribution is 2.43. The summed E-state index contributed by atoms with van der Waals surface area (Å²) in [5, 5.41) is 19.9. The molecule has 0 amide bonds. The fourth-order valence-electron chi connectivity index (χ4n) is 3.43. The number of aliphatic hydroxyl groups excluding tert-OH is 1. The molecule has 0 aromatic heterocycles. The quantitative estimate of drug-likeness (QED) is 0.863. The number of fused-ring (bicyclic) bond motifs is 1. The third-order valence-electron chi connectivity index (χ3n) is 4.63. The standard InChI is InChI=1S/C17H22N2O2.ClH/c1-17(2)16(20)15(19-8-4-3-5-9-19)13-10-12(11-18)6-7-14(13)21-17;/h6-7,10,15-16,20H,3-5,8-9H2,1-2H3;1H. The summed E-state index contributed by atoms with van der Waals surface area (Å²) in [5.74, 6) is 0.792. The topological polar surface area (TPSA) is 56.5 Å². The number of benzene rings is 1. The van der Waals surface area contributed by atoms with Crippen molar-refractivity contribution in [3.8, 4) is 11.8 Å². The van der Waals surface area contributed by atoms with Gasteiger partial charge in [-0.1, -0.05) is 6.42 Å². The number of nitrogens with zero attached hydrogens (tertiary/aromatic N) is 2. The van der Waals surface area contributed by atoms with E-state index in [9.17, 15) is 5.11 Å². The molecule has 1 aromatic carbocycles. The minimum atomic E-state index is -0.622. The summed E-state index contributed by atoms with van der Waals surface area (Å²) in [6, 6.07) is 7.60. The molecule has 3 rings (SSSR count). The molecule has 5 heteroatoms. The van der Waals surface area contributed by atoms with Gasteiger partial charge in [0.25, 0.3) is 0 Å². The predicted molar refractivity (Wildman–Crippen MR) is 87.3 cm³/mol. The van der Waals surface area contributed by atoms with Crippen LogP contribution in [0.4, 0.5) is 0 Å². The third-order valence-corrected chi connectivity index (χ3v) is 4.63. The number of rotatable bonds is 1. The van der Waals surface area contributed by atoms with E-state index in [1.54, 1.807) is 6.07 Å². The molecule has 0 spiro atoms. The maximum Gasteiger partial charge on any atom is 0.131 e. The number of piperidine rings is 1. The Balaban J connectivity index is 0.00000176. The van der Waals surface area contributed by atoms with Crippen LogP contribution in [0.2, 0.25) is 0 Å². The predicted octanol–water partition coefficient (Wildman–Crippen LogP) is 3.04. The van der Waals surface area contributed by atoms with Crippen LogP contribution in [0.1, 0.15) is 50.3 Å². The molecule has 1 saturated heterocycles.